The quantitative estimate of drug-likeness (QED) is 0.209. The second-order valence-electron chi connectivity index (χ2n) is 6.02. The van der Waals surface area contributed by atoms with Gasteiger partial charge in [-0.05, 0) is 0 Å². The van der Waals surface area contributed by atoms with Gasteiger partial charge >= 0.3 is 131 Å². The molecule has 0 aliphatic rings. The zero-order valence-electron chi connectivity index (χ0n) is 14.1. The summed E-state index contributed by atoms with van der Waals surface area (Å²) in [6.45, 7) is 6.98. The summed E-state index contributed by atoms with van der Waals surface area (Å²) in [5.74, 6) is 0. The topological polar surface area (TPSA) is 0 Å². The molecule has 0 atom stereocenters. The molecule has 0 fully saturated rings. The van der Waals surface area contributed by atoms with E-state index in [0.29, 0.717) is 0 Å². The van der Waals surface area contributed by atoms with Crippen molar-refractivity contribution in [3.63, 3.8) is 0 Å². The minimum absolute atomic E-state index is 0.812. The van der Waals surface area contributed by atoms with Crippen LogP contribution in [0.1, 0.15) is 97.8 Å². The van der Waals surface area contributed by atoms with Crippen LogP contribution < -0.4 is 0 Å². The second-order valence-corrected chi connectivity index (χ2v) is 13.7. The molecule has 0 unspecified atom stereocenters. The normalized spacial score (nSPS) is 11.4. The summed E-state index contributed by atoms with van der Waals surface area (Å²) in [5, 5.41) is 0. The number of hydrogen-bond donors (Lipinski definition) is 0. The van der Waals surface area contributed by atoms with Gasteiger partial charge in [0.2, 0.25) is 0 Å². The van der Waals surface area contributed by atoms with E-state index in [0.717, 1.165) is 0 Å². The molecule has 0 radical (unpaired) electrons. The van der Waals surface area contributed by atoms with Crippen molar-refractivity contribution < 1.29 is 0 Å². The monoisotopic (exact) mass is 376 g/mol. The SMILES string of the molecule is CCCCC[CH2][Sb]([CH2]CCCCC)[CH2]CCCCC. The van der Waals surface area contributed by atoms with Crippen molar-refractivity contribution in [2.75, 3.05) is 0 Å². The predicted molar refractivity (Wildman–Crippen MR) is 92.6 cm³/mol. The third-order valence-electron chi connectivity index (χ3n) is 3.98. The van der Waals surface area contributed by atoms with Gasteiger partial charge in [0.1, 0.15) is 0 Å². The number of hydrogen-bond acceptors (Lipinski definition) is 0. The molecule has 0 aromatic carbocycles. The van der Waals surface area contributed by atoms with Crippen LogP contribution in [0.15, 0.2) is 0 Å². The van der Waals surface area contributed by atoms with E-state index in [2.05, 4.69) is 20.8 Å². The van der Waals surface area contributed by atoms with Gasteiger partial charge in [-0.3, -0.25) is 0 Å². The summed E-state index contributed by atoms with van der Waals surface area (Å²) in [4.78, 5) is 0. The first kappa shape index (κ1) is 19.8. The maximum absolute atomic E-state index is 2.33. The van der Waals surface area contributed by atoms with Gasteiger partial charge in [-0.15, -0.1) is 0 Å². The third kappa shape index (κ3) is 15.0. The van der Waals surface area contributed by atoms with Crippen LogP contribution in [0.5, 0.6) is 0 Å². The summed E-state index contributed by atoms with van der Waals surface area (Å²) in [6, 6.07) is 0. The summed E-state index contributed by atoms with van der Waals surface area (Å²) in [7, 11) is 0. The maximum atomic E-state index is 2.33. The van der Waals surface area contributed by atoms with Gasteiger partial charge in [0, 0.05) is 0 Å². The van der Waals surface area contributed by atoms with E-state index in [-0.39, 0.29) is 0 Å². The molecular formula is C18H39Sb. The van der Waals surface area contributed by atoms with Crippen LogP contribution in [0.4, 0.5) is 0 Å². The van der Waals surface area contributed by atoms with Crippen LogP contribution in [0, 0.1) is 0 Å². The van der Waals surface area contributed by atoms with E-state index >= 15 is 0 Å². The van der Waals surface area contributed by atoms with Gasteiger partial charge in [0.25, 0.3) is 0 Å². The van der Waals surface area contributed by atoms with Crippen molar-refractivity contribution in [2.24, 2.45) is 0 Å². The van der Waals surface area contributed by atoms with E-state index in [1.54, 1.807) is 32.4 Å². The van der Waals surface area contributed by atoms with Crippen molar-refractivity contribution in [1.29, 1.82) is 0 Å². The first-order valence-corrected chi connectivity index (χ1v) is 14.5. The van der Waals surface area contributed by atoms with Crippen molar-refractivity contribution in [2.45, 2.75) is 111 Å². The Labute approximate surface area is 131 Å². The Morgan fingerprint density at radius 1 is 0.421 bits per heavy atom. The molecule has 0 aromatic rings. The van der Waals surface area contributed by atoms with Crippen LogP contribution in [-0.4, -0.2) is 20.2 Å². The molecule has 0 spiro atoms. The fourth-order valence-corrected chi connectivity index (χ4v) is 10.3. The Kier molecular flexibility index (Phi) is 17.6. The standard InChI is InChI=1S/3C6H13.Sb/c3*1-3-5-6-4-2;/h3*1,3-6H2,2H3;. The van der Waals surface area contributed by atoms with Crippen molar-refractivity contribution in [3.05, 3.63) is 0 Å². The van der Waals surface area contributed by atoms with E-state index in [1.807, 2.05) is 0 Å². The van der Waals surface area contributed by atoms with Gasteiger partial charge < -0.3 is 0 Å². The number of unbranched alkanes of at least 4 members (excludes halogenated alkanes) is 9. The molecule has 0 aliphatic carbocycles. The van der Waals surface area contributed by atoms with Gasteiger partial charge in [0.05, 0.1) is 0 Å². The molecule has 0 bridgehead atoms. The van der Waals surface area contributed by atoms with Crippen LogP contribution in [0.2, 0.25) is 13.1 Å². The fourth-order valence-electron chi connectivity index (χ4n) is 2.62. The third-order valence-corrected chi connectivity index (χ3v) is 12.1. The Balaban J connectivity index is 3.66. The van der Waals surface area contributed by atoms with E-state index in [9.17, 15) is 0 Å². The first-order valence-electron chi connectivity index (χ1n) is 9.07. The number of rotatable bonds is 15. The van der Waals surface area contributed by atoms with Crippen molar-refractivity contribution in [3.8, 4) is 0 Å². The summed E-state index contributed by atoms with van der Waals surface area (Å²) < 4.78 is 5.09. The molecule has 0 aliphatic heterocycles. The van der Waals surface area contributed by atoms with Crippen LogP contribution in [0.3, 0.4) is 0 Å². The Hall–Kier alpha value is 0.818. The molecule has 0 saturated carbocycles. The molecule has 0 heterocycles. The zero-order valence-corrected chi connectivity index (χ0v) is 16.6. The second kappa shape index (κ2) is 16.9. The van der Waals surface area contributed by atoms with Crippen LogP contribution in [-0.2, 0) is 0 Å². The molecule has 0 aromatic heterocycles. The van der Waals surface area contributed by atoms with E-state index < -0.39 is 20.2 Å². The molecule has 0 N–H and O–H groups in total. The fraction of sp³-hybridized carbons (Fsp3) is 1.00. The van der Waals surface area contributed by atoms with Gasteiger partial charge in [0.15, 0.2) is 0 Å². The predicted octanol–water partition coefficient (Wildman–Crippen LogP) is 7.22. The van der Waals surface area contributed by atoms with Gasteiger partial charge in [-0.25, -0.2) is 0 Å². The molecule has 1 heteroatoms. The molecule has 0 saturated heterocycles. The Bertz CT molecular complexity index is 127. The van der Waals surface area contributed by atoms with Gasteiger partial charge in [-0.2, -0.15) is 0 Å². The summed E-state index contributed by atoms with van der Waals surface area (Å²) in [6.07, 6.45) is 17.8. The molecular weight excluding hydrogens is 338 g/mol. The molecule has 0 amide bonds. The average Bonchev–Trinajstić information content (AvgIpc) is 2.43. The van der Waals surface area contributed by atoms with E-state index in [4.69, 9.17) is 0 Å². The molecule has 0 nitrogen and oxygen atoms in total. The average molecular weight is 377 g/mol. The van der Waals surface area contributed by atoms with Gasteiger partial charge in [-0.1, -0.05) is 0 Å². The summed E-state index contributed by atoms with van der Waals surface area (Å²) >= 11 is -0.812. The molecule has 116 valence electrons. The van der Waals surface area contributed by atoms with E-state index in [1.165, 1.54) is 57.8 Å². The van der Waals surface area contributed by atoms with Crippen LogP contribution in [0.25, 0.3) is 0 Å². The van der Waals surface area contributed by atoms with Crippen molar-refractivity contribution >= 4 is 20.2 Å². The zero-order chi connectivity index (χ0) is 14.2. The minimum atomic E-state index is -0.812. The summed E-state index contributed by atoms with van der Waals surface area (Å²) in [5.41, 5.74) is 0. The molecule has 0 rings (SSSR count). The van der Waals surface area contributed by atoms with Crippen molar-refractivity contribution in [1.82, 2.24) is 0 Å². The Morgan fingerprint density at radius 3 is 1.00 bits per heavy atom. The Morgan fingerprint density at radius 2 is 0.737 bits per heavy atom. The first-order chi connectivity index (χ1) is 9.35. The molecule has 19 heavy (non-hydrogen) atoms. The van der Waals surface area contributed by atoms with Crippen LogP contribution >= 0.6 is 0 Å².